The number of hydrogen-bond donors (Lipinski definition) is 0. The minimum Gasteiger partial charge on any atom is -0.247 e. The molecule has 10 rings (SSSR count). The molecule has 1 aromatic heterocycles. The largest absolute Gasteiger partial charge is 0.247 e. The molecule has 0 aliphatic heterocycles. The van der Waals surface area contributed by atoms with Gasteiger partial charge in [0.05, 0.1) is 11.2 Å². The third-order valence-electron chi connectivity index (χ3n) is 10.4. The summed E-state index contributed by atoms with van der Waals surface area (Å²) >= 11 is 0. The number of benzene rings is 6. The van der Waals surface area contributed by atoms with Crippen LogP contribution in [0, 0.1) is 41.7 Å². The van der Waals surface area contributed by atoms with Crippen LogP contribution in [0.4, 0.5) is 0 Å². The van der Waals surface area contributed by atoms with Crippen molar-refractivity contribution < 1.29 is 0 Å². The highest BCUT2D eigenvalue weighted by atomic mass is 14.7. The number of nitrogens with zero attached hydrogens (tertiary/aromatic N) is 1. The average Bonchev–Trinajstić information content (AvgIpc) is 3.70. The zero-order chi connectivity index (χ0) is 28.1. The summed E-state index contributed by atoms with van der Waals surface area (Å²) in [5, 5.41) is 14.2. The van der Waals surface area contributed by atoms with E-state index in [1.54, 1.807) is 5.56 Å². The lowest BCUT2D eigenvalue weighted by atomic mass is 9.85. The molecule has 1 fully saturated rings. The van der Waals surface area contributed by atoms with E-state index in [1.807, 2.05) is 0 Å². The van der Waals surface area contributed by atoms with Crippen LogP contribution in [0.5, 0.6) is 0 Å². The van der Waals surface area contributed by atoms with Crippen molar-refractivity contribution in [2.75, 3.05) is 0 Å². The van der Waals surface area contributed by atoms with Crippen molar-refractivity contribution in [1.29, 1.82) is 0 Å². The van der Waals surface area contributed by atoms with Crippen molar-refractivity contribution in [1.82, 2.24) is 4.98 Å². The molecule has 1 heterocycles. The number of fused-ring (bicyclic) bond motifs is 13. The first-order valence-corrected chi connectivity index (χ1v) is 15.6. The number of pyridine rings is 1. The van der Waals surface area contributed by atoms with E-state index in [4.69, 9.17) is 4.98 Å². The van der Waals surface area contributed by atoms with E-state index in [0.717, 1.165) is 5.52 Å². The highest BCUT2D eigenvalue weighted by Gasteiger charge is 2.40. The fourth-order valence-corrected chi connectivity index (χ4v) is 8.62. The molecule has 7 aromatic rings. The predicted molar refractivity (Wildman–Crippen MR) is 174 cm³/mol. The number of rotatable bonds is 1. The van der Waals surface area contributed by atoms with Crippen LogP contribution < -0.4 is 0 Å². The molecule has 2 unspecified atom stereocenters. The Bertz CT molecular complexity index is 2720. The molecule has 0 saturated heterocycles. The third-order valence-corrected chi connectivity index (χ3v) is 10.4. The van der Waals surface area contributed by atoms with Crippen molar-refractivity contribution in [3.05, 3.63) is 180 Å². The second-order valence-corrected chi connectivity index (χ2v) is 12.6. The summed E-state index contributed by atoms with van der Waals surface area (Å²) in [6, 6.07) is 47.3. The van der Waals surface area contributed by atoms with Crippen LogP contribution in [0.1, 0.15) is 42.2 Å². The van der Waals surface area contributed by atoms with Crippen LogP contribution in [0.3, 0.4) is 0 Å². The molecule has 1 nitrogen and oxygen atoms in total. The molecule has 3 aliphatic rings. The van der Waals surface area contributed by atoms with Crippen molar-refractivity contribution >= 4 is 21.7 Å². The van der Waals surface area contributed by atoms with Crippen molar-refractivity contribution in [3.63, 3.8) is 0 Å². The number of aromatic nitrogens is 1. The van der Waals surface area contributed by atoms with E-state index in [2.05, 4.69) is 127 Å². The molecule has 2 atom stereocenters. The Labute approximate surface area is 248 Å². The van der Waals surface area contributed by atoms with E-state index in [9.17, 15) is 0 Å². The summed E-state index contributed by atoms with van der Waals surface area (Å²) in [5.74, 6) is 1.26. The van der Waals surface area contributed by atoms with Gasteiger partial charge in [-0.3, -0.25) is 0 Å². The second-order valence-electron chi connectivity index (χ2n) is 12.6. The van der Waals surface area contributed by atoms with Crippen molar-refractivity contribution in [3.8, 4) is 11.3 Å². The van der Waals surface area contributed by atoms with Crippen LogP contribution >= 0.6 is 0 Å². The zero-order valence-corrected chi connectivity index (χ0v) is 23.8. The molecule has 2 bridgehead atoms. The van der Waals surface area contributed by atoms with Gasteiger partial charge in [-0.1, -0.05) is 121 Å². The molecule has 1 heteroatoms. The highest BCUT2D eigenvalue weighted by molar-refractivity contribution is 6.08. The molecule has 6 aromatic carbocycles. The monoisotopic (exact) mass is 547 g/mol. The molecule has 0 N–H and O–H groups in total. The Kier molecular flexibility index (Phi) is 4.79. The summed E-state index contributed by atoms with van der Waals surface area (Å²) in [6.45, 7) is 0. The predicted octanol–water partition coefficient (Wildman–Crippen LogP) is 9.88. The van der Waals surface area contributed by atoms with E-state index >= 15 is 0 Å². The fraction of sp³-hybridized carbons (Fsp3) is 0.119. The van der Waals surface area contributed by atoms with Gasteiger partial charge in [-0.25, -0.2) is 4.98 Å². The van der Waals surface area contributed by atoms with Gasteiger partial charge in [0, 0.05) is 16.3 Å². The van der Waals surface area contributed by atoms with E-state index in [1.165, 1.54) is 94.0 Å². The van der Waals surface area contributed by atoms with Gasteiger partial charge in [0.15, 0.2) is 0 Å². The normalized spacial score (nSPS) is 17.5. The smallest absolute Gasteiger partial charge is 0.0790 e. The summed E-state index contributed by atoms with van der Waals surface area (Å²) in [7, 11) is 0. The first-order chi connectivity index (χ1) is 21.3. The molecule has 1 saturated carbocycles. The van der Waals surface area contributed by atoms with Gasteiger partial charge in [-0.2, -0.15) is 0 Å². The first kappa shape index (κ1) is 23.5. The molecule has 3 aliphatic carbocycles. The quantitative estimate of drug-likeness (QED) is 0.186. The molecular weight excluding hydrogens is 518 g/mol. The summed E-state index contributed by atoms with van der Waals surface area (Å²) < 4.78 is 0. The minimum atomic E-state index is 0.611. The Morgan fingerprint density at radius 1 is 0.442 bits per heavy atom. The SMILES string of the molecule is c1ccc2c(c1)=c1ccccc1=c1ccc(-c3nc4c(ccc5ccccc54)c4c3C3CCC4C3)cc1=c1ccccc1=2. The summed E-state index contributed by atoms with van der Waals surface area (Å²) in [4.78, 5) is 5.59. The summed E-state index contributed by atoms with van der Waals surface area (Å²) in [6.07, 6.45) is 3.86. The lowest BCUT2D eigenvalue weighted by Crippen LogP contribution is -2.04. The lowest BCUT2D eigenvalue weighted by Gasteiger charge is -2.22. The van der Waals surface area contributed by atoms with E-state index in [0.29, 0.717) is 11.8 Å². The highest BCUT2D eigenvalue weighted by Crippen LogP contribution is 2.57. The van der Waals surface area contributed by atoms with Gasteiger partial charge in [0.25, 0.3) is 0 Å². The first-order valence-electron chi connectivity index (χ1n) is 15.6. The standard InChI is InChI=1S/C42H29N/c1-2-10-29-25(9-1)19-22-37-39-26-17-18-27(23-26)40(39)41(43-42(29)37)28-20-21-36-34-15-6-5-13-32(34)30-11-3-4-12-31(30)33-14-7-8-16-35(33)38(36)24-28/h1-16,19-22,24,26-27H,17-18,23H2. The molecule has 0 spiro atoms. The Morgan fingerprint density at radius 3 is 1.63 bits per heavy atom. The van der Waals surface area contributed by atoms with Crippen LogP contribution in [0.2, 0.25) is 0 Å². The lowest BCUT2D eigenvalue weighted by molar-refractivity contribution is 0.720. The van der Waals surface area contributed by atoms with Gasteiger partial charge in [0.2, 0.25) is 0 Å². The Balaban J connectivity index is 1.42. The maximum atomic E-state index is 5.59. The topological polar surface area (TPSA) is 12.9 Å². The van der Waals surface area contributed by atoms with Crippen molar-refractivity contribution in [2.45, 2.75) is 31.1 Å². The van der Waals surface area contributed by atoms with Gasteiger partial charge in [-0.15, -0.1) is 0 Å². The van der Waals surface area contributed by atoms with Gasteiger partial charge >= 0.3 is 0 Å². The minimum absolute atomic E-state index is 0.611. The second kappa shape index (κ2) is 8.75. The molecular formula is C42H29N. The van der Waals surface area contributed by atoms with Crippen LogP contribution in [-0.2, 0) is 0 Å². The average molecular weight is 548 g/mol. The van der Waals surface area contributed by atoms with Crippen molar-refractivity contribution in [2.24, 2.45) is 0 Å². The molecule has 202 valence electrons. The van der Waals surface area contributed by atoms with E-state index < -0.39 is 0 Å². The summed E-state index contributed by atoms with van der Waals surface area (Å²) in [5.41, 5.74) is 6.68. The van der Waals surface area contributed by atoms with Gasteiger partial charge in [0.1, 0.15) is 0 Å². The molecule has 0 amide bonds. The fourth-order valence-electron chi connectivity index (χ4n) is 8.62. The van der Waals surface area contributed by atoms with Crippen LogP contribution in [-0.4, -0.2) is 4.98 Å². The maximum Gasteiger partial charge on any atom is 0.0790 e. The van der Waals surface area contributed by atoms with Crippen LogP contribution in [0.25, 0.3) is 32.9 Å². The van der Waals surface area contributed by atoms with Gasteiger partial charge in [-0.05, 0) is 95.4 Å². The van der Waals surface area contributed by atoms with Gasteiger partial charge < -0.3 is 0 Å². The van der Waals surface area contributed by atoms with E-state index in [-0.39, 0.29) is 0 Å². The third kappa shape index (κ3) is 3.25. The zero-order valence-electron chi connectivity index (χ0n) is 23.8. The Hall–Kier alpha value is -5.01. The molecule has 0 radical (unpaired) electrons. The Morgan fingerprint density at radius 2 is 0.977 bits per heavy atom. The molecule has 43 heavy (non-hydrogen) atoms. The van der Waals surface area contributed by atoms with Crippen LogP contribution in [0.15, 0.2) is 127 Å². The number of hydrogen-bond acceptors (Lipinski definition) is 1. The maximum absolute atomic E-state index is 5.59.